The van der Waals surface area contributed by atoms with Gasteiger partial charge in [0.05, 0.1) is 0 Å². The molecule has 19 heavy (non-hydrogen) atoms. The molecule has 2 N–H and O–H groups in total. The maximum Gasteiger partial charge on any atom is 0.0401 e. The van der Waals surface area contributed by atoms with Crippen molar-refractivity contribution in [2.45, 2.75) is 32.4 Å². The third-order valence-corrected chi connectivity index (χ3v) is 4.65. The molecule has 2 rings (SSSR count). The van der Waals surface area contributed by atoms with Gasteiger partial charge in [0.2, 0.25) is 0 Å². The van der Waals surface area contributed by atoms with Crippen LogP contribution in [-0.2, 0) is 6.42 Å². The Kier molecular flexibility index (Phi) is 4.87. The largest absolute Gasteiger partial charge is 0.368 e. The molecule has 0 bridgehead atoms. The van der Waals surface area contributed by atoms with Crippen molar-refractivity contribution < 1.29 is 0 Å². The van der Waals surface area contributed by atoms with Gasteiger partial charge in [-0.25, -0.2) is 0 Å². The van der Waals surface area contributed by atoms with Gasteiger partial charge in [0.1, 0.15) is 0 Å². The van der Waals surface area contributed by atoms with E-state index in [0.29, 0.717) is 18.6 Å². The van der Waals surface area contributed by atoms with Crippen LogP contribution in [0, 0.1) is 0 Å². The Balaban J connectivity index is 2.26. The molecule has 0 spiro atoms. The maximum atomic E-state index is 5.74. The molecule has 106 valence electrons. The van der Waals surface area contributed by atoms with Crippen LogP contribution >= 0.6 is 15.9 Å². The zero-order valence-electron chi connectivity index (χ0n) is 12.1. The van der Waals surface area contributed by atoms with Crippen LogP contribution in [0.2, 0.25) is 0 Å². The van der Waals surface area contributed by atoms with E-state index < -0.39 is 0 Å². The van der Waals surface area contributed by atoms with Crippen LogP contribution in [-0.4, -0.2) is 43.7 Å². The van der Waals surface area contributed by atoms with Gasteiger partial charge in [-0.3, -0.25) is 4.90 Å². The van der Waals surface area contributed by atoms with Gasteiger partial charge in [0.25, 0.3) is 0 Å². The summed E-state index contributed by atoms with van der Waals surface area (Å²) in [6, 6.07) is 7.72. The second-order valence-corrected chi connectivity index (χ2v) is 6.50. The lowest BCUT2D eigenvalue weighted by Gasteiger charge is -2.44. The van der Waals surface area contributed by atoms with Gasteiger partial charge in [0, 0.05) is 35.3 Å². The van der Waals surface area contributed by atoms with E-state index in [1.807, 2.05) is 0 Å². The Morgan fingerprint density at radius 2 is 1.89 bits per heavy atom. The Bertz CT molecular complexity index is 423. The first-order valence-electron chi connectivity index (χ1n) is 6.98. The number of anilines is 1. The van der Waals surface area contributed by atoms with Crippen LogP contribution in [0.5, 0.6) is 0 Å². The molecule has 0 saturated carbocycles. The summed E-state index contributed by atoms with van der Waals surface area (Å²) < 4.78 is 1.13. The Morgan fingerprint density at radius 3 is 2.47 bits per heavy atom. The van der Waals surface area contributed by atoms with Crippen LogP contribution < -0.4 is 10.6 Å². The quantitative estimate of drug-likeness (QED) is 0.926. The van der Waals surface area contributed by atoms with Gasteiger partial charge in [0.15, 0.2) is 0 Å². The fourth-order valence-corrected chi connectivity index (χ4v) is 3.23. The molecule has 1 aromatic rings. The number of hydrogen-bond acceptors (Lipinski definition) is 3. The molecule has 0 amide bonds. The standard InChI is InChI=1S/C15H24BrN3/c1-11-9-19(10-12(2)18(11)3)15-5-4-14(16)8-13(15)6-7-17/h4-5,8,11-12H,6-7,9-10,17H2,1-3H3. The van der Waals surface area contributed by atoms with Crippen molar-refractivity contribution in [3.8, 4) is 0 Å². The summed E-state index contributed by atoms with van der Waals surface area (Å²) in [5.74, 6) is 0. The molecule has 0 aromatic heterocycles. The van der Waals surface area contributed by atoms with Gasteiger partial charge in [-0.05, 0) is 57.6 Å². The number of hydrogen-bond donors (Lipinski definition) is 1. The normalized spacial score (nSPS) is 24.8. The zero-order chi connectivity index (χ0) is 14.0. The lowest BCUT2D eigenvalue weighted by Crippen LogP contribution is -2.55. The summed E-state index contributed by atoms with van der Waals surface area (Å²) in [7, 11) is 2.22. The van der Waals surface area contributed by atoms with Gasteiger partial charge < -0.3 is 10.6 Å². The lowest BCUT2D eigenvalue weighted by atomic mass is 10.0. The molecular weight excluding hydrogens is 302 g/mol. The molecule has 1 aliphatic heterocycles. The highest BCUT2D eigenvalue weighted by molar-refractivity contribution is 9.10. The molecule has 3 nitrogen and oxygen atoms in total. The predicted octanol–water partition coefficient (Wildman–Crippen LogP) is 2.48. The molecule has 1 aromatic carbocycles. The van der Waals surface area contributed by atoms with E-state index in [-0.39, 0.29) is 0 Å². The molecule has 1 aliphatic rings. The van der Waals surface area contributed by atoms with Crippen molar-refractivity contribution in [1.29, 1.82) is 0 Å². The number of likely N-dealkylation sites (N-methyl/N-ethyl adjacent to an activating group) is 1. The number of piperazine rings is 1. The fourth-order valence-electron chi connectivity index (χ4n) is 2.82. The minimum Gasteiger partial charge on any atom is -0.368 e. The van der Waals surface area contributed by atoms with Crippen LogP contribution in [0.1, 0.15) is 19.4 Å². The summed E-state index contributed by atoms with van der Waals surface area (Å²) in [6.45, 7) is 7.45. The smallest absolute Gasteiger partial charge is 0.0401 e. The van der Waals surface area contributed by atoms with E-state index in [0.717, 1.165) is 24.0 Å². The van der Waals surface area contributed by atoms with E-state index in [9.17, 15) is 0 Å². The zero-order valence-corrected chi connectivity index (χ0v) is 13.7. The molecular formula is C15H24BrN3. The van der Waals surface area contributed by atoms with Crippen molar-refractivity contribution >= 4 is 21.6 Å². The Labute approximate surface area is 124 Å². The maximum absolute atomic E-state index is 5.74. The van der Waals surface area contributed by atoms with E-state index in [1.165, 1.54) is 11.3 Å². The van der Waals surface area contributed by atoms with E-state index >= 15 is 0 Å². The van der Waals surface area contributed by atoms with Crippen LogP contribution in [0.4, 0.5) is 5.69 Å². The highest BCUT2D eigenvalue weighted by Gasteiger charge is 2.27. The van der Waals surface area contributed by atoms with Crippen molar-refractivity contribution in [3.05, 3.63) is 28.2 Å². The molecule has 0 radical (unpaired) electrons. The van der Waals surface area contributed by atoms with Crippen molar-refractivity contribution in [3.63, 3.8) is 0 Å². The first kappa shape index (κ1) is 14.8. The van der Waals surface area contributed by atoms with Crippen molar-refractivity contribution in [2.75, 3.05) is 31.6 Å². The summed E-state index contributed by atoms with van der Waals surface area (Å²) in [5, 5.41) is 0. The molecule has 2 atom stereocenters. The molecule has 1 heterocycles. The van der Waals surface area contributed by atoms with Gasteiger partial charge in [-0.15, -0.1) is 0 Å². The van der Waals surface area contributed by atoms with Gasteiger partial charge >= 0.3 is 0 Å². The molecule has 2 unspecified atom stereocenters. The first-order chi connectivity index (χ1) is 9.02. The summed E-state index contributed by atoms with van der Waals surface area (Å²) in [4.78, 5) is 4.96. The molecule has 0 aliphatic carbocycles. The van der Waals surface area contributed by atoms with E-state index in [4.69, 9.17) is 5.73 Å². The minimum atomic E-state index is 0.582. The summed E-state index contributed by atoms with van der Waals surface area (Å²) >= 11 is 3.56. The summed E-state index contributed by atoms with van der Waals surface area (Å²) in [5.41, 5.74) is 8.44. The predicted molar refractivity (Wildman–Crippen MR) is 85.8 cm³/mol. The van der Waals surface area contributed by atoms with Crippen LogP contribution in [0.15, 0.2) is 22.7 Å². The molecule has 4 heteroatoms. The second-order valence-electron chi connectivity index (χ2n) is 5.58. The van der Waals surface area contributed by atoms with Gasteiger partial charge in [-0.1, -0.05) is 15.9 Å². The Hall–Kier alpha value is -0.580. The number of nitrogens with zero attached hydrogens (tertiary/aromatic N) is 2. The highest BCUT2D eigenvalue weighted by atomic mass is 79.9. The lowest BCUT2D eigenvalue weighted by molar-refractivity contribution is 0.170. The van der Waals surface area contributed by atoms with Crippen molar-refractivity contribution in [1.82, 2.24) is 4.90 Å². The van der Waals surface area contributed by atoms with Crippen LogP contribution in [0.25, 0.3) is 0 Å². The second kappa shape index (κ2) is 6.25. The summed E-state index contributed by atoms with van der Waals surface area (Å²) in [6.07, 6.45) is 0.934. The molecule has 1 saturated heterocycles. The van der Waals surface area contributed by atoms with E-state index in [1.54, 1.807) is 0 Å². The topological polar surface area (TPSA) is 32.5 Å². The monoisotopic (exact) mass is 325 g/mol. The minimum absolute atomic E-state index is 0.582. The molecule has 1 fully saturated rings. The Morgan fingerprint density at radius 1 is 1.26 bits per heavy atom. The SMILES string of the molecule is CC1CN(c2ccc(Br)cc2CCN)CC(C)N1C. The number of nitrogens with two attached hydrogens (primary N) is 1. The number of benzene rings is 1. The highest BCUT2D eigenvalue weighted by Crippen LogP contribution is 2.28. The average Bonchev–Trinajstić information content (AvgIpc) is 2.36. The third-order valence-electron chi connectivity index (χ3n) is 4.16. The average molecular weight is 326 g/mol. The van der Waals surface area contributed by atoms with E-state index in [2.05, 4.69) is 64.8 Å². The van der Waals surface area contributed by atoms with Gasteiger partial charge in [-0.2, -0.15) is 0 Å². The van der Waals surface area contributed by atoms with Crippen LogP contribution in [0.3, 0.4) is 0 Å². The fraction of sp³-hybridized carbons (Fsp3) is 0.600. The first-order valence-corrected chi connectivity index (χ1v) is 7.77. The third kappa shape index (κ3) is 3.30. The number of rotatable bonds is 3. The van der Waals surface area contributed by atoms with Crippen molar-refractivity contribution in [2.24, 2.45) is 5.73 Å². The number of halogens is 1.